The van der Waals surface area contributed by atoms with Crippen molar-refractivity contribution in [3.05, 3.63) is 0 Å². The average molecular weight is 257 g/mol. The third-order valence-corrected chi connectivity index (χ3v) is 3.66. The van der Waals surface area contributed by atoms with Crippen LogP contribution in [0.4, 0.5) is 0 Å². The summed E-state index contributed by atoms with van der Waals surface area (Å²) in [6.07, 6.45) is 4.34. The lowest BCUT2D eigenvalue weighted by Gasteiger charge is -2.26. The molecule has 18 heavy (non-hydrogen) atoms. The highest BCUT2D eigenvalue weighted by Gasteiger charge is 2.24. The Hall–Kier alpha value is -0.610. The molecular formula is C14H27NO3. The van der Waals surface area contributed by atoms with Gasteiger partial charge in [0.25, 0.3) is 0 Å². The van der Waals surface area contributed by atoms with Crippen LogP contribution in [0.15, 0.2) is 0 Å². The van der Waals surface area contributed by atoms with Crippen LogP contribution in [0, 0.1) is 11.8 Å². The van der Waals surface area contributed by atoms with Crippen LogP contribution in [0.1, 0.15) is 46.5 Å². The summed E-state index contributed by atoms with van der Waals surface area (Å²) in [6, 6.07) is 0. The fraction of sp³-hybridized carbons (Fsp3) is 0.929. The second-order valence-electron chi connectivity index (χ2n) is 6.01. The molecule has 0 aliphatic heterocycles. The predicted molar refractivity (Wildman–Crippen MR) is 71.2 cm³/mol. The van der Waals surface area contributed by atoms with Crippen LogP contribution in [0.2, 0.25) is 0 Å². The Labute approximate surface area is 110 Å². The summed E-state index contributed by atoms with van der Waals surface area (Å²) < 4.78 is 5.47. The van der Waals surface area contributed by atoms with Crippen LogP contribution >= 0.6 is 0 Å². The fourth-order valence-electron chi connectivity index (χ4n) is 2.21. The summed E-state index contributed by atoms with van der Waals surface area (Å²) in [7, 11) is 0. The van der Waals surface area contributed by atoms with Gasteiger partial charge < -0.3 is 15.2 Å². The molecule has 2 N–H and O–H groups in total. The Morgan fingerprint density at radius 3 is 2.50 bits per heavy atom. The molecule has 1 fully saturated rings. The summed E-state index contributed by atoms with van der Waals surface area (Å²) in [5.41, 5.74) is -0.523. The Kier molecular flexibility index (Phi) is 6.09. The molecule has 1 aliphatic carbocycles. The zero-order valence-corrected chi connectivity index (χ0v) is 11.9. The van der Waals surface area contributed by atoms with Gasteiger partial charge in [-0.25, -0.2) is 0 Å². The van der Waals surface area contributed by atoms with Gasteiger partial charge in [0.05, 0.1) is 18.8 Å². The van der Waals surface area contributed by atoms with Gasteiger partial charge in [-0.2, -0.15) is 0 Å². The first-order valence-corrected chi connectivity index (χ1v) is 6.97. The number of carbonyl (C=O) groups excluding carboxylic acids is 1. The van der Waals surface area contributed by atoms with Crippen LogP contribution in [0.3, 0.4) is 0 Å². The summed E-state index contributed by atoms with van der Waals surface area (Å²) in [6.45, 7) is 6.87. The Morgan fingerprint density at radius 1 is 1.33 bits per heavy atom. The van der Waals surface area contributed by atoms with Crippen molar-refractivity contribution in [3.63, 3.8) is 0 Å². The molecule has 0 aromatic carbocycles. The second-order valence-corrected chi connectivity index (χ2v) is 6.01. The molecule has 1 rings (SSSR count). The highest BCUT2D eigenvalue weighted by atomic mass is 16.5. The van der Waals surface area contributed by atoms with Crippen molar-refractivity contribution < 1.29 is 14.6 Å². The molecule has 0 atom stereocenters. The lowest BCUT2D eigenvalue weighted by molar-refractivity contribution is -0.127. The summed E-state index contributed by atoms with van der Waals surface area (Å²) in [5, 5.41) is 11.9. The maximum Gasteiger partial charge on any atom is 0.223 e. The number of hydrogen-bond donors (Lipinski definition) is 2. The van der Waals surface area contributed by atoms with E-state index in [2.05, 4.69) is 12.2 Å². The van der Waals surface area contributed by atoms with Gasteiger partial charge in [0.15, 0.2) is 0 Å². The van der Waals surface area contributed by atoms with Gasteiger partial charge in [-0.05, 0) is 45.4 Å². The molecule has 0 heterocycles. The monoisotopic (exact) mass is 257 g/mol. The molecule has 106 valence electrons. The van der Waals surface area contributed by atoms with E-state index < -0.39 is 5.60 Å². The van der Waals surface area contributed by atoms with E-state index in [-0.39, 0.29) is 18.4 Å². The van der Waals surface area contributed by atoms with Crippen molar-refractivity contribution in [2.75, 3.05) is 19.8 Å². The normalized spacial score (nSPS) is 24.9. The summed E-state index contributed by atoms with van der Waals surface area (Å²) in [5.74, 6) is 1.11. The van der Waals surface area contributed by atoms with Gasteiger partial charge >= 0.3 is 0 Å². The Morgan fingerprint density at radius 2 is 1.94 bits per heavy atom. The van der Waals surface area contributed by atoms with Crippen molar-refractivity contribution in [1.29, 1.82) is 0 Å². The summed E-state index contributed by atoms with van der Waals surface area (Å²) in [4.78, 5) is 11.9. The van der Waals surface area contributed by atoms with E-state index in [0.717, 1.165) is 31.6 Å². The van der Waals surface area contributed by atoms with Crippen LogP contribution in [-0.2, 0) is 9.53 Å². The SMILES string of the molecule is CC1CCC(C(=O)NCCOC(C)(C)CO)CC1. The largest absolute Gasteiger partial charge is 0.393 e. The van der Waals surface area contributed by atoms with Gasteiger partial charge in [0.2, 0.25) is 5.91 Å². The topological polar surface area (TPSA) is 58.6 Å². The Balaban J connectivity index is 2.14. The maximum atomic E-state index is 11.9. The maximum absolute atomic E-state index is 11.9. The first-order chi connectivity index (χ1) is 8.44. The van der Waals surface area contributed by atoms with Crippen LogP contribution in [0.25, 0.3) is 0 Å². The number of hydrogen-bond acceptors (Lipinski definition) is 3. The van der Waals surface area contributed by atoms with Crippen molar-refractivity contribution in [3.8, 4) is 0 Å². The molecule has 1 saturated carbocycles. The van der Waals surface area contributed by atoms with Crippen molar-refractivity contribution in [2.45, 2.75) is 52.1 Å². The number of amides is 1. The molecule has 1 amide bonds. The zero-order chi connectivity index (χ0) is 13.6. The van der Waals surface area contributed by atoms with Crippen LogP contribution < -0.4 is 5.32 Å². The third kappa shape index (κ3) is 5.36. The molecule has 0 radical (unpaired) electrons. The van der Waals surface area contributed by atoms with Gasteiger partial charge in [-0.1, -0.05) is 6.92 Å². The van der Waals surface area contributed by atoms with Gasteiger partial charge in [-0.15, -0.1) is 0 Å². The number of carbonyl (C=O) groups is 1. The highest BCUT2D eigenvalue weighted by Crippen LogP contribution is 2.28. The van der Waals surface area contributed by atoms with Gasteiger partial charge in [0, 0.05) is 12.5 Å². The zero-order valence-electron chi connectivity index (χ0n) is 11.9. The number of nitrogens with one attached hydrogen (secondary N) is 1. The van der Waals surface area contributed by atoms with E-state index in [1.807, 2.05) is 13.8 Å². The van der Waals surface area contributed by atoms with E-state index in [1.54, 1.807) is 0 Å². The van der Waals surface area contributed by atoms with E-state index in [4.69, 9.17) is 9.84 Å². The Bertz CT molecular complexity index is 258. The third-order valence-electron chi connectivity index (χ3n) is 3.66. The van der Waals surface area contributed by atoms with E-state index in [0.29, 0.717) is 13.2 Å². The minimum absolute atomic E-state index is 0.0124. The minimum Gasteiger partial charge on any atom is -0.393 e. The first-order valence-electron chi connectivity index (χ1n) is 6.97. The fourth-order valence-corrected chi connectivity index (χ4v) is 2.21. The van der Waals surface area contributed by atoms with Gasteiger partial charge in [-0.3, -0.25) is 4.79 Å². The molecular weight excluding hydrogens is 230 g/mol. The number of ether oxygens (including phenoxy) is 1. The summed E-state index contributed by atoms with van der Waals surface area (Å²) >= 11 is 0. The average Bonchev–Trinajstić information content (AvgIpc) is 2.35. The molecule has 0 bridgehead atoms. The molecule has 0 saturated heterocycles. The molecule has 0 spiro atoms. The van der Waals surface area contributed by atoms with E-state index in [9.17, 15) is 4.79 Å². The molecule has 4 heteroatoms. The van der Waals surface area contributed by atoms with E-state index >= 15 is 0 Å². The van der Waals surface area contributed by atoms with Crippen molar-refractivity contribution in [1.82, 2.24) is 5.32 Å². The first kappa shape index (κ1) is 15.4. The van der Waals surface area contributed by atoms with Gasteiger partial charge in [0.1, 0.15) is 0 Å². The molecule has 0 unspecified atom stereocenters. The minimum atomic E-state index is -0.523. The number of aliphatic hydroxyl groups is 1. The second kappa shape index (κ2) is 7.10. The van der Waals surface area contributed by atoms with Crippen molar-refractivity contribution >= 4 is 5.91 Å². The van der Waals surface area contributed by atoms with E-state index in [1.165, 1.54) is 0 Å². The standard InChI is InChI=1S/C14H27NO3/c1-11-4-6-12(7-5-11)13(17)15-8-9-18-14(2,3)10-16/h11-12,16H,4-10H2,1-3H3,(H,15,17). The highest BCUT2D eigenvalue weighted by molar-refractivity contribution is 5.78. The molecule has 0 aromatic heterocycles. The molecule has 0 aromatic rings. The lowest BCUT2D eigenvalue weighted by atomic mass is 9.82. The van der Waals surface area contributed by atoms with Crippen molar-refractivity contribution in [2.24, 2.45) is 11.8 Å². The molecule has 4 nitrogen and oxygen atoms in total. The smallest absolute Gasteiger partial charge is 0.223 e. The predicted octanol–water partition coefficient (Wildman–Crippen LogP) is 1.72. The lowest BCUT2D eigenvalue weighted by Crippen LogP contribution is -2.37. The van der Waals surface area contributed by atoms with Crippen LogP contribution in [-0.4, -0.2) is 36.4 Å². The molecule has 1 aliphatic rings. The number of aliphatic hydroxyl groups excluding tert-OH is 1. The number of rotatable bonds is 6. The van der Waals surface area contributed by atoms with Crippen LogP contribution in [0.5, 0.6) is 0 Å². The quantitative estimate of drug-likeness (QED) is 0.712.